The van der Waals surface area contributed by atoms with Crippen molar-refractivity contribution in [1.82, 2.24) is 10.6 Å². The molecule has 0 aromatic rings. The van der Waals surface area contributed by atoms with E-state index in [4.69, 9.17) is 4.74 Å². The Morgan fingerprint density at radius 3 is 2.45 bits per heavy atom. The van der Waals surface area contributed by atoms with Crippen LogP contribution in [-0.2, 0) is 9.53 Å². The molecule has 1 amide bonds. The molecule has 1 unspecified atom stereocenters. The van der Waals surface area contributed by atoms with Gasteiger partial charge in [-0.3, -0.25) is 4.79 Å². The Kier molecular flexibility index (Phi) is 6.46. The molecule has 1 fully saturated rings. The smallest absolute Gasteiger partial charge is 0.228 e. The van der Waals surface area contributed by atoms with Gasteiger partial charge in [-0.05, 0) is 51.1 Å². The fourth-order valence-corrected chi connectivity index (χ4v) is 2.72. The van der Waals surface area contributed by atoms with Crippen LogP contribution in [0.1, 0.15) is 53.4 Å². The summed E-state index contributed by atoms with van der Waals surface area (Å²) in [5.74, 6) is 0.169. The number of nitrogens with one attached hydrogen (secondary N) is 2. The minimum absolute atomic E-state index is 0.169. The molecular weight excluding hydrogens is 252 g/mol. The van der Waals surface area contributed by atoms with E-state index in [1.54, 1.807) is 7.11 Å². The second-order valence-electron chi connectivity index (χ2n) is 7.44. The van der Waals surface area contributed by atoms with Crippen molar-refractivity contribution in [1.29, 1.82) is 0 Å². The van der Waals surface area contributed by atoms with Crippen LogP contribution in [0.15, 0.2) is 0 Å². The van der Waals surface area contributed by atoms with Gasteiger partial charge in [0.2, 0.25) is 5.91 Å². The zero-order chi connectivity index (χ0) is 15.2. The van der Waals surface area contributed by atoms with Crippen LogP contribution in [-0.4, -0.2) is 38.8 Å². The van der Waals surface area contributed by atoms with E-state index in [0.717, 1.165) is 38.8 Å². The molecule has 2 N–H and O–H groups in total. The van der Waals surface area contributed by atoms with Crippen LogP contribution in [0.25, 0.3) is 0 Å². The lowest BCUT2D eigenvalue weighted by atomic mass is 9.78. The van der Waals surface area contributed by atoms with Gasteiger partial charge in [-0.1, -0.05) is 20.8 Å². The monoisotopic (exact) mass is 284 g/mol. The van der Waals surface area contributed by atoms with E-state index in [2.05, 4.69) is 38.3 Å². The first-order valence-corrected chi connectivity index (χ1v) is 7.80. The van der Waals surface area contributed by atoms with Crippen LogP contribution in [0.3, 0.4) is 0 Å². The van der Waals surface area contributed by atoms with Gasteiger partial charge in [0.15, 0.2) is 0 Å². The lowest BCUT2D eigenvalue weighted by Crippen LogP contribution is -2.52. The zero-order valence-electron chi connectivity index (χ0n) is 13.8. The van der Waals surface area contributed by atoms with E-state index in [9.17, 15) is 4.79 Å². The third kappa shape index (κ3) is 5.41. The number of ether oxygens (including phenoxy) is 1. The van der Waals surface area contributed by atoms with Crippen molar-refractivity contribution in [3.8, 4) is 0 Å². The van der Waals surface area contributed by atoms with Gasteiger partial charge in [0.25, 0.3) is 0 Å². The number of rotatable bonds is 6. The van der Waals surface area contributed by atoms with Crippen LogP contribution in [0, 0.1) is 10.8 Å². The Hall–Kier alpha value is -0.610. The van der Waals surface area contributed by atoms with Gasteiger partial charge >= 0.3 is 0 Å². The summed E-state index contributed by atoms with van der Waals surface area (Å²) in [6.07, 6.45) is 3.86. The SMILES string of the molecule is COCC1(C(=O)NC(C)CCC(C)(C)C)CCNCC1. The highest BCUT2D eigenvalue weighted by Crippen LogP contribution is 2.30. The molecule has 0 radical (unpaired) electrons. The van der Waals surface area contributed by atoms with Crippen molar-refractivity contribution in [2.75, 3.05) is 26.8 Å². The van der Waals surface area contributed by atoms with Crippen LogP contribution >= 0.6 is 0 Å². The van der Waals surface area contributed by atoms with Crippen LogP contribution in [0.5, 0.6) is 0 Å². The maximum atomic E-state index is 12.6. The summed E-state index contributed by atoms with van der Waals surface area (Å²) in [5, 5.41) is 6.52. The minimum Gasteiger partial charge on any atom is -0.384 e. The predicted octanol–water partition coefficient (Wildman–Crippen LogP) is 2.33. The molecule has 0 aromatic carbocycles. The molecule has 0 aromatic heterocycles. The number of hydrogen-bond donors (Lipinski definition) is 2. The number of carbonyl (C=O) groups is 1. The van der Waals surface area contributed by atoms with E-state index < -0.39 is 0 Å². The molecule has 1 rings (SSSR count). The average Bonchev–Trinajstić information content (AvgIpc) is 2.37. The number of amides is 1. The molecule has 4 heteroatoms. The number of carbonyl (C=O) groups excluding carboxylic acids is 1. The molecule has 1 heterocycles. The molecule has 20 heavy (non-hydrogen) atoms. The molecular formula is C16H32N2O2. The topological polar surface area (TPSA) is 50.4 Å². The average molecular weight is 284 g/mol. The first kappa shape index (κ1) is 17.4. The third-order valence-electron chi connectivity index (χ3n) is 4.17. The number of piperidine rings is 1. The summed E-state index contributed by atoms with van der Waals surface area (Å²) in [5.41, 5.74) is -0.0199. The van der Waals surface area contributed by atoms with Crippen molar-refractivity contribution >= 4 is 5.91 Å². The van der Waals surface area contributed by atoms with E-state index in [1.807, 2.05) is 0 Å². The van der Waals surface area contributed by atoms with E-state index in [1.165, 1.54) is 0 Å². The van der Waals surface area contributed by atoms with Crippen molar-refractivity contribution in [3.63, 3.8) is 0 Å². The molecule has 118 valence electrons. The molecule has 0 aliphatic carbocycles. The maximum absolute atomic E-state index is 12.6. The first-order chi connectivity index (χ1) is 9.29. The Morgan fingerprint density at radius 2 is 1.95 bits per heavy atom. The highest BCUT2D eigenvalue weighted by Gasteiger charge is 2.40. The molecule has 0 bridgehead atoms. The third-order valence-corrected chi connectivity index (χ3v) is 4.17. The Morgan fingerprint density at radius 1 is 1.35 bits per heavy atom. The Bertz CT molecular complexity index is 299. The lowest BCUT2D eigenvalue weighted by molar-refractivity contribution is -0.136. The van der Waals surface area contributed by atoms with Gasteiger partial charge in [0.05, 0.1) is 12.0 Å². The standard InChI is InChI=1S/C16H32N2O2/c1-13(6-7-15(2,3)4)18-14(19)16(12-20-5)8-10-17-11-9-16/h13,17H,6-12H2,1-5H3,(H,18,19). The van der Waals surface area contributed by atoms with E-state index in [-0.39, 0.29) is 17.4 Å². The van der Waals surface area contributed by atoms with E-state index in [0.29, 0.717) is 12.0 Å². The van der Waals surface area contributed by atoms with Crippen molar-refractivity contribution < 1.29 is 9.53 Å². The second kappa shape index (κ2) is 7.41. The second-order valence-corrected chi connectivity index (χ2v) is 7.44. The summed E-state index contributed by atoms with van der Waals surface area (Å²) in [6, 6.07) is 0.227. The Labute approximate surface area is 124 Å². The van der Waals surface area contributed by atoms with Gasteiger partial charge in [-0.2, -0.15) is 0 Å². The maximum Gasteiger partial charge on any atom is 0.228 e. The van der Waals surface area contributed by atoms with Crippen LogP contribution < -0.4 is 10.6 Å². The molecule has 0 spiro atoms. The van der Waals surface area contributed by atoms with Crippen LogP contribution in [0.2, 0.25) is 0 Å². The molecule has 4 nitrogen and oxygen atoms in total. The normalized spacial score (nSPS) is 20.4. The van der Waals surface area contributed by atoms with Gasteiger partial charge in [-0.25, -0.2) is 0 Å². The molecule has 1 aliphatic heterocycles. The summed E-state index contributed by atoms with van der Waals surface area (Å²) in [4.78, 5) is 12.6. The summed E-state index contributed by atoms with van der Waals surface area (Å²) >= 11 is 0. The van der Waals surface area contributed by atoms with E-state index >= 15 is 0 Å². The summed E-state index contributed by atoms with van der Waals surface area (Å²) in [6.45, 7) is 11.1. The fourth-order valence-electron chi connectivity index (χ4n) is 2.72. The first-order valence-electron chi connectivity index (χ1n) is 7.80. The van der Waals surface area contributed by atoms with Gasteiger partial charge < -0.3 is 15.4 Å². The molecule has 1 aliphatic rings. The highest BCUT2D eigenvalue weighted by molar-refractivity contribution is 5.83. The lowest BCUT2D eigenvalue weighted by Gasteiger charge is -2.36. The summed E-state index contributed by atoms with van der Waals surface area (Å²) in [7, 11) is 1.68. The number of hydrogen-bond acceptors (Lipinski definition) is 3. The van der Waals surface area contributed by atoms with Crippen molar-refractivity contribution in [3.05, 3.63) is 0 Å². The minimum atomic E-state index is -0.337. The predicted molar refractivity (Wildman–Crippen MR) is 82.7 cm³/mol. The van der Waals surface area contributed by atoms with Crippen LogP contribution in [0.4, 0.5) is 0 Å². The van der Waals surface area contributed by atoms with Gasteiger partial charge in [-0.15, -0.1) is 0 Å². The Balaban J connectivity index is 2.53. The molecule has 1 atom stereocenters. The van der Waals surface area contributed by atoms with Crippen molar-refractivity contribution in [2.24, 2.45) is 10.8 Å². The quantitative estimate of drug-likeness (QED) is 0.787. The zero-order valence-corrected chi connectivity index (χ0v) is 13.8. The van der Waals surface area contributed by atoms with Gasteiger partial charge in [0.1, 0.15) is 0 Å². The summed E-state index contributed by atoms with van der Waals surface area (Å²) < 4.78 is 5.31. The van der Waals surface area contributed by atoms with Crippen molar-refractivity contribution in [2.45, 2.75) is 59.4 Å². The highest BCUT2D eigenvalue weighted by atomic mass is 16.5. The number of methoxy groups -OCH3 is 1. The molecule has 1 saturated heterocycles. The molecule has 0 saturated carbocycles. The fraction of sp³-hybridized carbons (Fsp3) is 0.938. The van der Waals surface area contributed by atoms with Gasteiger partial charge in [0, 0.05) is 13.2 Å². The largest absolute Gasteiger partial charge is 0.384 e.